The van der Waals surface area contributed by atoms with Gasteiger partial charge in [-0.3, -0.25) is 4.79 Å². The highest BCUT2D eigenvalue weighted by atomic mass is 32.2. The predicted molar refractivity (Wildman–Crippen MR) is 117 cm³/mol. The lowest BCUT2D eigenvalue weighted by Gasteiger charge is -2.10. The molecule has 0 spiro atoms. The highest BCUT2D eigenvalue weighted by Gasteiger charge is 2.24. The van der Waals surface area contributed by atoms with Crippen LogP contribution >= 0.6 is 11.8 Å². The van der Waals surface area contributed by atoms with Crippen LogP contribution in [0.15, 0.2) is 64.5 Å². The predicted octanol–water partition coefficient (Wildman–Crippen LogP) is 5.43. The van der Waals surface area contributed by atoms with Crippen molar-refractivity contribution in [2.75, 3.05) is 0 Å². The maximum atomic E-state index is 13.0. The number of aromatic nitrogens is 1. The quantitative estimate of drug-likeness (QED) is 0.591. The van der Waals surface area contributed by atoms with Crippen molar-refractivity contribution in [3.8, 4) is 5.69 Å². The third kappa shape index (κ3) is 4.03. The normalized spacial score (nSPS) is 16.6. The third-order valence-corrected chi connectivity index (χ3v) is 5.63. The number of carbonyl (C=O) groups is 1. The van der Waals surface area contributed by atoms with E-state index >= 15 is 0 Å². The van der Waals surface area contributed by atoms with Gasteiger partial charge in [0.25, 0.3) is 5.91 Å². The van der Waals surface area contributed by atoms with Crippen LogP contribution in [-0.2, 0) is 4.79 Å². The van der Waals surface area contributed by atoms with Gasteiger partial charge in [-0.15, -0.1) is 0 Å². The fourth-order valence-electron chi connectivity index (χ4n) is 3.35. The minimum atomic E-state index is -0.318. The second-order valence-electron chi connectivity index (χ2n) is 6.96. The van der Waals surface area contributed by atoms with Crippen LogP contribution in [0.3, 0.4) is 0 Å². The van der Waals surface area contributed by atoms with Crippen LogP contribution in [0, 0.1) is 26.6 Å². The maximum Gasteiger partial charge on any atom is 0.264 e. The molecule has 1 amide bonds. The average Bonchev–Trinajstić information content (AvgIpc) is 3.16. The molecule has 0 bridgehead atoms. The van der Waals surface area contributed by atoms with E-state index in [1.165, 1.54) is 29.5 Å². The Kier molecular flexibility index (Phi) is 5.11. The summed E-state index contributed by atoms with van der Waals surface area (Å²) in [5.41, 5.74) is 6.05. The largest absolute Gasteiger partial charge is 0.318 e. The lowest BCUT2D eigenvalue weighted by Crippen LogP contribution is -2.19. The summed E-state index contributed by atoms with van der Waals surface area (Å²) < 4.78 is 15.2. The van der Waals surface area contributed by atoms with Gasteiger partial charge in [0.05, 0.1) is 10.6 Å². The molecule has 6 heteroatoms. The summed E-state index contributed by atoms with van der Waals surface area (Å²) in [6, 6.07) is 16.2. The molecule has 1 fully saturated rings. The lowest BCUT2D eigenvalue weighted by atomic mass is 10.2. The molecule has 3 aromatic rings. The van der Waals surface area contributed by atoms with Gasteiger partial charge in [0.2, 0.25) is 0 Å². The van der Waals surface area contributed by atoms with Crippen molar-refractivity contribution in [3.63, 3.8) is 0 Å². The van der Waals surface area contributed by atoms with Crippen molar-refractivity contribution in [1.82, 2.24) is 9.88 Å². The zero-order valence-electron chi connectivity index (χ0n) is 16.4. The van der Waals surface area contributed by atoms with Crippen LogP contribution in [-0.4, -0.2) is 15.6 Å². The molecule has 0 unspecified atom stereocenters. The van der Waals surface area contributed by atoms with E-state index in [2.05, 4.69) is 53.0 Å². The first kappa shape index (κ1) is 19.2. The van der Waals surface area contributed by atoms with Gasteiger partial charge < -0.3 is 9.88 Å². The van der Waals surface area contributed by atoms with E-state index in [0.717, 1.165) is 22.6 Å². The van der Waals surface area contributed by atoms with Crippen molar-refractivity contribution in [2.24, 2.45) is 4.99 Å². The Morgan fingerprint density at radius 2 is 1.83 bits per heavy atom. The summed E-state index contributed by atoms with van der Waals surface area (Å²) >= 11 is 1.28. The molecule has 4 nitrogen and oxygen atoms in total. The zero-order chi connectivity index (χ0) is 20.5. The van der Waals surface area contributed by atoms with Gasteiger partial charge in [0, 0.05) is 17.1 Å². The Labute approximate surface area is 173 Å². The summed E-state index contributed by atoms with van der Waals surface area (Å²) in [4.78, 5) is 17.4. The van der Waals surface area contributed by atoms with Gasteiger partial charge in [-0.1, -0.05) is 12.1 Å². The van der Waals surface area contributed by atoms with Crippen LogP contribution in [0.1, 0.15) is 22.5 Å². The molecule has 2 aromatic carbocycles. The minimum absolute atomic E-state index is 0.184. The molecule has 0 atom stereocenters. The Balaban J connectivity index is 1.64. The van der Waals surface area contributed by atoms with Gasteiger partial charge in [0.1, 0.15) is 5.82 Å². The number of aliphatic imine (C=N–C) groups is 1. The lowest BCUT2D eigenvalue weighted by molar-refractivity contribution is -0.115. The van der Waals surface area contributed by atoms with Gasteiger partial charge in [-0.05, 0) is 92.2 Å². The number of hydrogen-bond donors (Lipinski definition) is 1. The van der Waals surface area contributed by atoms with Crippen molar-refractivity contribution in [3.05, 3.63) is 87.8 Å². The number of rotatable bonds is 3. The maximum absolute atomic E-state index is 13.0. The number of nitrogens with one attached hydrogen (secondary N) is 1. The van der Waals surface area contributed by atoms with E-state index in [-0.39, 0.29) is 11.7 Å². The molecule has 146 valence electrons. The molecule has 0 radical (unpaired) electrons. The van der Waals surface area contributed by atoms with Crippen LogP contribution in [0.25, 0.3) is 11.8 Å². The third-order valence-electron chi connectivity index (χ3n) is 4.72. The number of benzene rings is 2. The monoisotopic (exact) mass is 405 g/mol. The molecule has 1 N–H and O–H groups in total. The van der Waals surface area contributed by atoms with Gasteiger partial charge in [-0.25, -0.2) is 9.38 Å². The van der Waals surface area contributed by atoms with Crippen molar-refractivity contribution in [1.29, 1.82) is 0 Å². The van der Waals surface area contributed by atoms with Crippen molar-refractivity contribution < 1.29 is 9.18 Å². The Hall–Kier alpha value is -3.12. The Morgan fingerprint density at radius 3 is 2.55 bits per heavy atom. The smallest absolute Gasteiger partial charge is 0.264 e. The van der Waals surface area contributed by atoms with Crippen molar-refractivity contribution >= 4 is 34.6 Å². The van der Waals surface area contributed by atoms with Crippen LogP contribution in [0.5, 0.6) is 0 Å². The number of carbonyl (C=O) groups excluding carboxylic acids is 1. The van der Waals surface area contributed by atoms with E-state index in [1.807, 2.05) is 19.1 Å². The summed E-state index contributed by atoms with van der Waals surface area (Å²) in [6.07, 6.45) is 1.89. The van der Waals surface area contributed by atoms with Gasteiger partial charge in [-0.2, -0.15) is 0 Å². The highest BCUT2D eigenvalue weighted by molar-refractivity contribution is 8.18. The molecule has 1 aliphatic rings. The standard InChI is InChI=1S/C23H20FN3OS/c1-14-5-4-6-20(11-14)27-15(2)12-17(16(27)3)13-21-22(28)26-23(29-21)25-19-9-7-18(24)8-10-19/h4-13H,1-3H3,(H,25,26,28)/b21-13-. The molecular formula is C23H20FN3OS. The van der Waals surface area contributed by atoms with Crippen LogP contribution in [0.4, 0.5) is 10.1 Å². The van der Waals surface area contributed by atoms with Crippen LogP contribution < -0.4 is 5.32 Å². The molecule has 0 aliphatic carbocycles. The fourth-order valence-corrected chi connectivity index (χ4v) is 4.19. The van der Waals surface area contributed by atoms with E-state index in [1.54, 1.807) is 12.1 Å². The topological polar surface area (TPSA) is 46.4 Å². The number of amides is 1. The summed E-state index contributed by atoms with van der Waals surface area (Å²) in [5, 5.41) is 3.26. The number of nitrogens with zero attached hydrogens (tertiary/aromatic N) is 2. The van der Waals surface area contributed by atoms with Crippen LogP contribution in [0.2, 0.25) is 0 Å². The molecule has 1 saturated heterocycles. The zero-order valence-corrected chi connectivity index (χ0v) is 17.2. The second-order valence-corrected chi connectivity index (χ2v) is 7.99. The number of thioether (sulfide) groups is 1. The van der Waals surface area contributed by atoms with Gasteiger partial charge in [0.15, 0.2) is 5.17 Å². The summed E-state index contributed by atoms with van der Waals surface area (Å²) in [5.74, 6) is -0.502. The first-order chi connectivity index (χ1) is 13.9. The second kappa shape index (κ2) is 7.72. The summed E-state index contributed by atoms with van der Waals surface area (Å²) in [7, 11) is 0. The molecular weight excluding hydrogens is 385 g/mol. The summed E-state index contributed by atoms with van der Waals surface area (Å²) in [6.45, 7) is 6.18. The number of aryl methyl sites for hydroxylation is 2. The molecule has 0 saturated carbocycles. The average molecular weight is 405 g/mol. The fraction of sp³-hybridized carbons (Fsp3) is 0.130. The minimum Gasteiger partial charge on any atom is -0.318 e. The molecule has 2 heterocycles. The number of halogens is 1. The molecule has 4 rings (SSSR count). The molecule has 1 aliphatic heterocycles. The highest BCUT2D eigenvalue weighted by Crippen LogP contribution is 2.30. The van der Waals surface area contributed by atoms with Gasteiger partial charge >= 0.3 is 0 Å². The van der Waals surface area contributed by atoms with E-state index in [9.17, 15) is 9.18 Å². The van der Waals surface area contributed by atoms with E-state index in [4.69, 9.17) is 0 Å². The Bertz CT molecular complexity index is 1160. The first-order valence-corrected chi connectivity index (χ1v) is 10.0. The molecule has 29 heavy (non-hydrogen) atoms. The molecule has 1 aromatic heterocycles. The van der Waals surface area contributed by atoms with E-state index < -0.39 is 0 Å². The SMILES string of the molecule is Cc1cccc(-n2c(C)cc(/C=C3\SC(=Nc4ccc(F)cc4)NC3=O)c2C)c1. The first-order valence-electron chi connectivity index (χ1n) is 9.22. The van der Waals surface area contributed by atoms with Crippen molar-refractivity contribution in [2.45, 2.75) is 20.8 Å². The Morgan fingerprint density at radius 1 is 1.07 bits per heavy atom. The number of hydrogen-bond acceptors (Lipinski definition) is 3. The van der Waals surface area contributed by atoms with E-state index in [0.29, 0.717) is 15.8 Å². The number of amidine groups is 1.